The molecular formula is C17H26N2O3. The minimum atomic E-state index is -0.698. The van der Waals surface area contributed by atoms with Crippen LogP contribution in [-0.4, -0.2) is 49.2 Å². The molecule has 122 valence electrons. The number of nitrogens with one attached hydrogen (secondary N) is 1. The summed E-state index contributed by atoms with van der Waals surface area (Å²) in [6, 6.07) is 7.22. The molecule has 1 unspecified atom stereocenters. The summed E-state index contributed by atoms with van der Waals surface area (Å²) in [4.78, 5) is 14.1. The van der Waals surface area contributed by atoms with Crippen LogP contribution in [-0.2, 0) is 4.79 Å². The zero-order valence-corrected chi connectivity index (χ0v) is 13.4. The normalized spacial score (nSPS) is 18.0. The average molecular weight is 306 g/mol. The monoisotopic (exact) mass is 306 g/mol. The molecule has 1 aliphatic heterocycles. The van der Waals surface area contributed by atoms with Gasteiger partial charge in [-0.1, -0.05) is 19.1 Å². The summed E-state index contributed by atoms with van der Waals surface area (Å²) < 4.78 is 5.08. The number of benzene rings is 1. The van der Waals surface area contributed by atoms with Crippen LogP contribution in [0.5, 0.6) is 5.75 Å². The van der Waals surface area contributed by atoms with E-state index in [0.717, 1.165) is 43.2 Å². The van der Waals surface area contributed by atoms with Gasteiger partial charge in [-0.05, 0) is 49.5 Å². The Kier molecular flexibility index (Phi) is 6.21. The number of methoxy groups -OCH3 is 1. The van der Waals surface area contributed by atoms with Gasteiger partial charge >= 0.3 is 0 Å². The van der Waals surface area contributed by atoms with Crippen LogP contribution in [0.15, 0.2) is 24.3 Å². The molecule has 0 bridgehead atoms. The lowest BCUT2D eigenvalue weighted by Crippen LogP contribution is -2.42. The minimum Gasteiger partial charge on any atom is -0.497 e. The van der Waals surface area contributed by atoms with E-state index in [1.807, 2.05) is 12.1 Å². The fourth-order valence-corrected chi connectivity index (χ4v) is 2.63. The molecule has 1 aliphatic rings. The van der Waals surface area contributed by atoms with E-state index in [-0.39, 0.29) is 12.5 Å². The molecule has 5 nitrogen and oxygen atoms in total. The van der Waals surface area contributed by atoms with Gasteiger partial charge in [-0.3, -0.25) is 9.69 Å². The molecule has 2 N–H and O–H groups in total. The molecule has 1 atom stereocenters. The van der Waals surface area contributed by atoms with Crippen molar-refractivity contribution in [3.05, 3.63) is 29.8 Å². The van der Waals surface area contributed by atoms with Gasteiger partial charge < -0.3 is 15.2 Å². The maximum atomic E-state index is 11.9. The predicted molar refractivity (Wildman–Crippen MR) is 85.8 cm³/mol. The summed E-state index contributed by atoms with van der Waals surface area (Å²) in [6.07, 6.45) is 1.61. The molecule has 1 aromatic rings. The van der Waals surface area contributed by atoms with E-state index in [2.05, 4.69) is 17.1 Å². The molecule has 1 saturated heterocycles. The van der Waals surface area contributed by atoms with Crippen LogP contribution >= 0.6 is 0 Å². The van der Waals surface area contributed by atoms with Crippen LogP contribution in [0.1, 0.15) is 31.4 Å². The number of likely N-dealkylation sites (tertiary alicyclic amines) is 1. The van der Waals surface area contributed by atoms with E-state index in [4.69, 9.17) is 4.74 Å². The number of hydrogen-bond donors (Lipinski definition) is 2. The Morgan fingerprint density at radius 2 is 2.00 bits per heavy atom. The third-order valence-electron chi connectivity index (χ3n) is 4.24. The van der Waals surface area contributed by atoms with Gasteiger partial charge in [-0.2, -0.15) is 0 Å². The molecule has 1 heterocycles. The lowest BCUT2D eigenvalue weighted by molar-refractivity contribution is -0.123. The molecule has 0 saturated carbocycles. The average Bonchev–Trinajstić information content (AvgIpc) is 2.55. The van der Waals surface area contributed by atoms with Crippen LogP contribution in [0.3, 0.4) is 0 Å². The fraction of sp³-hybridized carbons (Fsp3) is 0.588. The minimum absolute atomic E-state index is 0.0258. The molecule has 22 heavy (non-hydrogen) atoms. The van der Waals surface area contributed by atoms with Crippen molar-refractivity contribution in [3.8, 4) is 5.75 Å². The highest BCUT2D eigenvalue weighted by atomic mass is 16.5. The Morgan fingerprint density at radius 1 is 1.36 bits per heavy atom. The fourth-order valence-electron chi connectivity index (χ4n) is 2.63. The SMILES string of the molecule is COc1ccc(C(O)CNC(=O)CN2CCC(C)CC2)cc1. The van der Waals surface area contributed by atoms with Gasteiger partial charge in [0, 0.05) is 6.54 Å². The molecular weight excluding hydrogens is 280 g/mol. The number of rotatable bonds is 6. The van der Waals surface area contributed by atoms with Gasteiger partial charge in [0.1, 0.15) is 5.75 Å². The molecule has 1 amide bonds. The van der Waals surface area contributed by atoms with E-state index in [1.165, 1.54) is 0 Å². The third-order valence-corrected chi connectivity index (χ3v) is 4.24. The Hall–Kier alpha value is -1.59. The highest BCUT2D eigenvalue weighted by Gasteiger charge is 2.18. The number of aliphatic hydroxyl groups excluding tert-OH is 1. The number of carbonyl (C=O) groups is 1. The van der Waals surface area contributed by atoms with Crippen molar-refractivity contribution >= 4 is 5.91 Å². The lowest BCUT2D eigenvalue weighted by atomic mass is 9.99. The van der Waals surface area contributed by atoms with Crippen LogP contribution in [0, 0.1) is 5.92 Å². The first kappa shape index (κ1) is 16.8. The number of carbonyl (C=O) groups excluding carboxylic acids is 1. The van der Waals surface area contributed by atoms with Crippen molar-refractivity contribution in [2.24, 2.45) is 5.92 Å². The highest BCUT2D eigenvalue weighted by molar-refractivity contribution is 5.78. The smallest absolute Gasteiger partial charge is 0.234 e. The van der Waals surface area contributed by atoms with Crippen molar-refractivity contribution in [2.45, 2.75) is 25.9 Å². The second kappa shape index (κ2) is 8.15. The summed E-state index contributed by atoms with van der Waals surface area (Å²) in [6.45, 7) is 4.87. The zero-order valence-electron chi connectivity index (χ0n) is 13.4. The number of amides is 1. The van der Waals surface area contributed by atoms with E-state index >= 15 is 0 Å². The largest absolute Gasteiger partial charge is 0.497 e. The number of piperidine rings is 1. The number of nitrogens with zero attached hydrogens (tertiary/aromatic N) is 1. The van der Waals surface area contributed by atoms with Crippen LogP contribution in [0.4, 0.5) is 0 Å². The second-order valence-corrected chi connectivity index (χ2v) is 6.05. The Bertz CT molecular complexity index is 467. The van der Waals surface area contributed by atoms with Gasteiger partial charge in [-0.25, -0.2) is 0 Å². The van der Waals surface area contributed by atoms with E-state index < -0.39 is 6.10 Å². The quantitative estimate of drug-likeness (QED) is 0.837. The molecule has 2 rings (SSSR count). The summed E-state index contributed by atoms with van der Waals surface area (Å²) in [7, 11) is 1.60. The van der Waals surface area contributed by atoms with Gasteiger partial charge in [0.2, 0.25) is 5.91 Å². The summed E-state index contributed by atoms with van der Waals surface area (Å²) in [5.74, 6) is 1.48. The van der Waals surface area contributed by atoms with Crippen molar-refractivity contribution < 1.29 is 14.6 Å². The number of aliphatic hydroxyl groups is 1. The second-order valence-electron chi connectivity index (χ2n) is 6.05. The molecule has 1 aromatic carbocycles. The van der Waals surface area contributed by atoms with Crippen molar-refractivity contribution in [3.63, 3.8) is 0 Å². The standard InChI is InChI=1S/C17H26N2O3/c1-13-7-9-19(10-8-13)12-17(21)18-11-16(20)14-3-5-15(22-2)6-4-14/h3-6,13,16,20H,7-12H2,1-2H3,(H,18,21). The zero-order chi connectivity index (χ0) is 15.9. The number of ether oxygens (including phenoxy) is 1. The first-order valence-electron chi connectivity index (χ1n) is 7.89. The van der Waals surface area contributed by atoms with Crippen molar-refractivity contribution in [1.82, 2.24) is 10.2 Å². The van der Waals surface area contributed by atoms with E-state index in [9.17, 15) is 9.90 Å². The van der Waals surface area contributed by atoms with Gasteiger partial charge in [0.25, 0.3) is 0 Å². The van der Waals surface area contributed by atoms with Crippen molar-refractivity contribution in [2.75, 3.05) is 33.3 Å². The maximum absolute atomic E-state index is 11.9. The Morgan fingerprint density at radius 3 is 2.59 bits per heavy atom. The topological polar surface area (TPSA) is 61.8 Å². The van der Waals surface area contributed by atoms with Crippen LogP contribution < -0.4 is 10.1 Å². The lowest BCUT2D eigenvalue weighted by Gasteiger charge is -2.29. The van der Waals surface area contributed by atoms with Crippen molar-refractivity contribution in [1.29, 1.82) is 0 Å². The van der Waals surface area contributed by atoms with E-state index in [0.29, 0.717) is 6.54 Å². The highest BCUT2D eigenvalue weighted by Crippen LogP contribution is 2.17. The summed E-state index contributed by atoms with van der Waals surface area (Å²) in [5, 5.41) is 12.9. The van der Waals surface area contributed by atoms with Gasteiger partial charge in [-0.15, -0.1) is 0 Å². The summed E-state index contributed by atoms with van der Waals surface area (Å²) in [5.41, 5.74) is 0.771. The molecule has 1 fully saturated rings. The Balaban J connectivity index is 1.73. The van der Waals surface area contributed by atoms with E-state index in [1.54, 1.807) is 19.2 Å². The number of hydrogen-bond acceptors (Lipinski definition) is 4. The third kappa shape index (κ3) is 5.00. The Labute approximate surface area is 132 Å². The molecule has 0 aliphatic carbocycles. The van der Waals surface area contributed by atoms with Crippen LogP contribution in [0.25, 0.3) is 0 Å². The maximum Gasteiger partial charge on any atom is 0.234 e. The van der Waals surface area contributed by atoms with Gasteiger partial charge in [0.15, 0.2) is 0 Å². The first-order valence-corrected chi connectivity index (χ1v) is 7.89. The summed E-state index contributed by atoms with van der Waals surface area (Å²) >= 11 is 0. The molecule has 0 aromatic heterocycles. The van der Waals surface area contributed by atoms with Gasteiger partial charge in [0.05, 0.1) is 19.8 Å². The predicted octanol–water partition coefficient (Wildman–Crippen LogP) is 1.58. The first-order chi connectivity index (χ1) is 10.6. The molecule has 0 radical (unpaired) electrons. The molecule has 0 spiro atoms. The molecule has 5 heteroatoms. The van der Waals surface area contributed by atoms with Crippen LogP contribution in [0.2, 0.25) is 0 Å².